The van der Waals surface area contributed by atoms with Gasteiger partial charge in [-0.05, 0) is 20.3 Å². The van der Waals surface area contributed by atoms with Crippen molar-refractivity contribution in [3.05, 3.63) is 16.1 Å². The van der Waals surface area contributed by atoms with Crippen molar-refractivity contribution in [1.82, 2.24) is 10.0 Å². The van der Waals surface area contributed by atoms with Gasteiger partial charge in [-0.2, -0.15) is 5.06 Å². The molecule has 0 saturated heterocycles. The molecule has 18 heavy (non-hydrogen) atoms. The molecule has 1 heterocycles. The Morgan fingerprint density at radius 2 is 2.28 bits per heavy atom. The fourth-order valence-electron chi connectivity index (χ4n) is 1.64. The number of thiazole rings is 1. The van der Waals surface area contributed by atoms with E-state index in [0.717, 1.165) is 10.7 Å². The summed E-state index contributed by atoms with van der Waals surface area (Å²) >= 11 is 1.63. The summed E-state index contributed by atoms with van der Waals surface area (Å²) in [5.74, 6) is -0.191. The lowest BCUT2D eigenvalue weighted by atomic mass is 10.2. The van der Waals surface area contributed by atoms with E-state index >= 15 is 0 Å². The number of hydroxylamine groups is 2. The van der Waals surface area contributed by atoms with Crippen LogP contribution in [0.4, 0.5) is 0 Å². The summed E-state index contributed by atoms with van der Waals surface area (Å²) in [6.45, 7) is 4.69. The molecule has 1 atom stereocenters. The van der Waals surface area contributed by atoms with Gasteiger partial charge >= 0.3 is 5.97 Å². The van der Waals surface area contributed by atoms with Crippen LogP contribution >= 0.6 is 11.3 Å². The maximum absolute atomic E-state index is 11.0. The number of hydrogen-bond acceptors (Lipinski definition) is 6. The average molecular weight is 272 g/mol. The molecule has 102 valence electrons. The number of carbonyl (C=O) groups excluding carboxylic acids is 1. The van der Waals surface area contributed by atoms with Crippen LogP contribution in [0, 0.1) is 6.92 Å². The zero-order chi connectivity index (χ0) is 13.5. The Labute approximate surface area is 112 Å². The van der Waals surface area contributed by atoms with Crippen molar-refractivity contribution in [2.45, 2.75) is 32.7 Å². The molecule has 0 aliphatic rings. The van der Waals surface area contributed by atoms with Gasteiger partial charge in [-0.15, -0.1) is 11.3 Å². The Kier molecular flexibility index (Phi) is 6.24. The molecule has 1 rings (SSSR count). The summed E-state index contributed by atoms with van der Waals surface area (Å²) in [5.41, 5.74) is 0.998. The van der Waals surface area contributed by atoms with E-state index < -0.39 is 0 Å². The molecule has 0 amide bonds. The third-order valence-corrected chi connectivity index (χ3v) is 3.51. The van der Waals surface area contributed by atoms with Crippen molar-refractivity contribution in [2.24, 2.45) is 0 Å². The Bertz CT molecular complexity index is 381. The number of ether oxygens (including phenoxy) is 1. The molecule has 0 fully saturated rings. The van der Waals surface area contributed by atoms with Crippen molar-refractivity contribution < 1.29 is 14.4 Å². The van der Waals surface area contributed by atoms with Crippen molar-refractivity contribution in [3.63, 3.8) is 0 Å². The summed E-state index contributed by atoms with van der Waals surface area (Å²) < 4.78 is 4.61. The predicted octanol–water partition coefficient (Wildman–Crippen LogP) is 2.33. The molecular weight excluding hydrogens is 252 g/mol. The first-order chi connectivity index (χ1) is 8.58. The lowest BCUT2D eigenvalue weighted by Crippen LogP contribution is -2.27. The highest BCUT2D eigenvalue weighted by Crippen LogP contribution is 2.22. The molecular formula is C12H20N2O3S. The molecule has 1 aromatic heterocycles. The Hall–Kier alpha value is -0.980. The Morgan fingerprint density at radius 1 is 1.56 bits per heavy atom. The van der Waals surface area contributed by atoms with E-state index in [4.69, 9.17) is 4.84 Å². The van der Waals surface area contributed by atoms with E-state index in [1.807, 2.05) is 24.3 Å². The van der Waals surface area contributed by atoms with E-state index in [-0.39, 0.29) is 12.0 Å². The van der Waals surface area contributed by atoms with Crippen molar-refractivity contribution in [2.75, 3.05) is 20.8 Å². The van der Waals surface area contributed by atoms with E-state index in [0.29, 0.717) is 19.4 Å². The maximum atomic E-state index is 11.0. The lowest BCUT2D eigenvalue weighted by Gasteiger charge is -2.25. The summed E-state index contributed by atoms with van der Waals surface area (Å²) in [7, 11) is 3.03. The highest BCUT2D eigenvalue weighted by molar-refractivity contribution is 7.09. The molecule has 0 spiro atoms. The van der Waals surface area contributed by atoms with E-state index in [1.54, 1.807) is 18.4 Å². The van der Waals surface area contributed by atoms with Crippen LogP contribution in [0.2, 0.25) is 0 Å². The van der Waals surface area contributed by atoms with Crippen LogP contribution < -0.4 is 0 Å². The fourth-order valence-corrected chi connectivity index (χ4v) is 2.34. The van der Waals surface area contributed by atoms with Crippen molar-refractivity contribution in [1.29, 1.82) is 0 Å². The summed E-state index contributed by atoms with van der Waals surface area (Å²) in [4.78, 5) is 20.8. The molecule has 0 radical (unpaired) electrons. The monoisotopic (exact) mass is 272 g/mol. The molecule has 5 nitrogen and oxygen atoms in total. The second kappa shape index (κ2) is 7.45. The number of methoxy groups -OCH3 is 1. The first-order valence-corrected chi connectivity index (χ1v) is 6.76. The minimum Gasteiger partial charge on any atom is -0.469 e. The maximum Gasteiger partial charge on any atom is 0.305 e. The summed E-state index contributed by atoms with van der Waals surface area (Å²) in [5, 5.41) is 4.91. The molecule has 6 heteroatoms. The summed E-state index contributed by atoms with van der Waals surface area (Å²) in [6.07, 6.45) is 1.10. The number of rotatable bonds is 7. The van der Waals surface area contributed by atoms with Gasteiger partial charge in [0.1, 0.15) is 0 Å². The second-order valence-electron chi connectivity index (χ2n) is 3.97. The lowest BCUT2D eigenvalue weighted by molar-refractivity contribution is -0.162. The highest BCUT2D eigenvalue weighted by Gasteiger charge is 2.18. The summed E-state index contributed by atoms with van der Waals surface area (Å²) in [6, 6.07) is 0.0811. The molecule has 0 aliphatic carbocycles. The highest BCUT2D eigenvalue weighted by atomic mass is 32.1. The zero-order valence-corrected chi connectivity index (χ0v) is 12.1. The van der Waals surface area contributed by atoms with Crippen LogP contribution in [-0.4, -0.2) is 36.8 Å². The van der Waals surface area contributed by atoms with Gasteiger partial charge in [0.2, 0.25) is 0 Å². The van der Waals surface area contributed by atoms with Gasteiger partial charge in [-0.3, -0.25) is 4.79 Å². The topological polar surface area (TPSA) is 51.7 Å². The second-order valence-corrected chi connectivity index (χ2v) is 5.03. The van der Waals surface area contributed by atoms with Gasteiger partial charge in [0, 0.05) is 18.3 Å². The predicted molar refractivity (Wildman–Crippen MR) is 70.2 cm³/mol. The van der Waals surface area contributed by atoms with Crippen molar-refractivity contribution >= 4 is 17.3 Å². The quantitative estimate of drug-likeness (QED) is 0.563. The number of aryl methyl sites for hydroxylation is 1. The van der Waals surface area contributed by atoms with Gasteiger partial charge in [0.25, 0.3) is 0 Å². The van der Waals surface area contributed by atoms with Gasteiger partial charge in [0.05, 0.1) is 31.0 Å². The van der Waals surface area contributed by atoms with Gasteiger partial charge in [-0.1, -0.05) is 0 Å². The number of aromatic nitrogens is 1. The van der Waals surface area contributed by atoms with E-state index in [1.165, 1.54) is 7.11 Å². The number of hydrogen-bond donors (Lipinski definition) is 0. The van der Waals surface area contributed by atoms with E-state index in [9.17, 15) is 4.79 Å². The Balaban J connectivity index is 2.47. The molecule has 0 saturated carbocycles. The standard InChI is InChI=1S/C12H20N2O3S/c1-9(11-8-18-10(2)13-11)14(17-4)7-5-6-12(15)16-3/h8-9H,5-7H2,1-4H3. The number of nitrogens with zero attached hydrogens (tertiary/aromatic N) is 2. The van der Waals surface area contributed by atoms with E-state index in [2.05, 4.69) is 9.72 Å². The number of esters is 1. The van der Waals surface area contributed by atoms with Gasteiger partial charge in [0.15, 0.2) is 0 Å². The first-order valence-electron chi connectivity index (χ1n) is 5.88. The normalized spacial score (nSPS) is 12.7. The van der Waals surface area contributed by atoms with Crippen LogP contribution in [0.1, 0.15) is 36.5 Å². The molecule has 1 aromatic rings. The molecule has 1 unspecified atom stereocenters. The zero-order valence-electron chi connectivity index (χ0n) is 11.3. The largest absolute Gasteiger partial charge is 0.469 e. The third kappa shape index (κ3) is 4.36. The minimum absolute atomic E-state index is 0.0811. The SMILES string of the molecule is COC(=O)CCCN(OC)C(C)c1csc(C)n1. The molecule has 0 N–H and O–H groups in total. The Morgan fingerprint density at radius 3 is 2.78 bits per heavy atom. The van der Waals surface area contributed by atoms with Crippen LogP contribution in [-0.2, 0) is 14.4 Å². The smallest absolute Gasteiger partial charge is 0.305 e. The van der Waals surface area contributed by atoms with Crippen molar-refractivity contribution in [3.8, 4) is 0 Å². The van der Waals surface area contributed by atoms with Gasteiger partial charge < -0.3 is 9.57 Å². The molecule has 0 aromatic carbocycles. The first kappa shape index (κ1) is 15.1. The number of carbonyl (C=O) groups is 1. The van der Waals surface area contributed by atoms with Crippen LogP contribution in [0.3, 0.4) is 0 Å². The fraction of sp³-hybridized carbons (Fsp3) is 0.667. The van der Waals surface area contributed by atoms with Gasteiger partial charge in [-0.25, -0.2) is 4.98 Å². The minimum atomic E-state index is -0.191. The molecule has 0 aliphatic heterocycles. The van der Waals surface area contributed by atoms with Crippen LogP contribution in [0.5, 0.6) is 0 Å². The third-order valence-electron chi connectivity index (χ3n) is 2.72. The van der Waals surface area contributed by atoms with Crippen LogP contribution in [0.25, 0.3) is 0 Å². The molecule has 0 bridgehead atoms. The average Bonchev–Trinajstić information content (AvgIpc) is 2.80. The van der Waals surface area contributed by atoms with Crippen LogP contribution in [0.15, 0.2) is 5.38 Å².